The van der Waals surface area contributed by atoms with Crippen molar-refractivity contribution in [2.45, 2.75) is 51.3 Å². The number of nitrogens with zero attached hydrogens (tertiary/aromatic N) is 2. The van der Waals surface area contributed by atoms with Gasteiger partial charge >= 0.3 is 0 Å². The van der Waals surface area contributed by atoms with Crippen LogP contribution >= 0.6 is 0 Å². The van der Waals surface area contributed by atoms with Gasteiger partial charge in [0, 0.05) is 5.41 Å². The Bertz CT molecular complexity index is 818. The zero-order valence-electron chi connectivity index (χ0n) is 15.1. The van der Waals surface area contributed by atoms with Gasteiger partial charge in [0.2, 0.25) is 15.0 Å². The number of rotatable bonds is 6. The van der Waals surface area contributed by atoms with Crippen molar-refractivity contribution in [3.63, 3.8) is 0 Å². The van der Waals surface area contributed by atoms with Gasteiger partial charge in [-0.05, 0) is 43.2 Å². The average Bonchev–Trinajstić information content (AvgIpc) is 2.97. The van der Waals surface area contributed by atoms with Gasteiger partial charge in [-0.15, -0.1) is 10.2 Å². The minimum absolute atomic E-state index is 0.134. The molecule has 1 aromatic carbocycles. The molecular formula is C17H24N3O4S. The summed E-state index contributed by atoms with van der Waals surface area (Å²) in [5.74, 6) is 0.608. The van der Waals surface area contributed by atoms with Gasteiger partial charge < -0.3 is 14.8 Å². The molecule has 0 aliphatic carbocycles. The molecule has 1 aromatic heterocycles. The van der Waals surface area contributed by atoms with Crippen LogP contribution < -0.4 is 4.74 Å². The summed E-state index contributed by atoms with van der Waals surface area (Å²) < 4.78 is 30.3. The number of hydrogen-bond acceptors (Lipinski definition) is 6. The highest BCUT2D eigenvalue weighted by atomic mass is 32.2. The van der Waals surface area contributed by atoms with Crippen molar-refractivity contribution >= 4 is 9.84 Å². The highest BCUT2D eigenvalue weighted by molar-refractivity contribution is 7.91. The topological polar surface area (TPSA) is 105 Å². The largest absolute Gasteiger partial charge is 0.490 e. The molecule has 8 heteroatoms. The van der Waals surface area contributed by atoms with Crippen LogP contribution in [0.5, 0.6) is 5.75 Å². The fourth-order valence-corrected chi connectivity index (χ4v) is 3.42. The van der Waals surface area contributed by atoms with Gasteiger partial charge in [0.05, 0.1) is 5.75 Å². The van der Waals surface area contributed by atoms with Crippen LogP contribution in [0.1, 0.15) is 37.7 Å². The van der Waals surface area contributed by atoms with Crippen LogP contribution in [0.25, 0.3) is 0 Å². The van der Waals surface area contributed by atoms with Crippen LogP contribution in [0.2, 0.25) is 0 Å². The van der Waals surface area contributed by atoms with Crippen molar-refractivity contribution in [2.24, 2.45) is 0 Å². The minimum Gasteiger partial charge on any atom is -0.490 e. The summed E-state index contributed by atoms with van der Waals surface area (Å²) in [5.41, 5.74) is 1.40. The van der Waals surface area contributed by atoms with Crippen molar-refractivity contribution < 1.29 is 18.3 Å². The second kappa shape index (κ2) is 7.13. The summed E-state index contributed by atoms with van der Waals surface area (Å²) >= 11 is 0. The number of aromatic nitrogens is 3. The first-order valence-electron chi connectivity index (χ1n) is 7.95. The SMILES string of the molecule is Cc1c[c]cc(C)c1OCC(O)CS(=O)(=O)c1nnc(C(C)(C)C)[nH]1. The van der Waals surface area contributed by atoms with Crippen LogP contribution in [0.4, 0.5) is 0 Å². The molecule has 0 amide bonds. The number of nitrogens with one attached hydrogen (secondary N) is 1. The van der Waals surface area contributed by atoms with E-state index in [9.17, 15) is 13.5 Å². The first kappa shape index (κ1) is 19.4. The molecule has 1 radical (unpaired) electrons. The number of aromatic amines is 1. The summed E-state index contributed by atoms with van der Waals surface area (Å²) in [7, 11) is -3.79. The fraction of sp³-hybridized carbons (Fsp3) is 0.529. The lowest BCUT2D eigenvalue weighted by Crippen LogP contribution is -2.28. The van der Waals surface area contributed by atoms with Gasteiger partial charge in [0.15, 0.2) is 0 Å². The normalized spacial score (nSPS) is 13.7. The van der Waals surface area contributed by atoms with Crippen molar-refractivity contribution in [3.05, 3.63) is 35.2 Å². The number of hydrogen-bond donors (Lipinski definition) is 2. The third kappa shape index (κ3) is 4.79. The van der Waals surface area contributed by atoms with Gasteiger partial charge in [-0.1, -0.05) is 20.8 Å². The molecule has 0 bridgehead atoms. The quantitative estimate of drug-likeness (QED) is 0.807. The van der Waals surface area contributed by atoms with Gasteiger partial charge in [-0.3, -0.25) is 0 Å². The molecule has 7 nitrogen and oxygen atoms in total. The lowest BCUT2D eigenvalue weighted by Gasteiger charge is -2.15. The highest BCUT2D eigenvalue weighted by Crippen LogP contribution is 2.22. The van der Waals surface area contributed by atoms with Crippen LogP contribution in [-0.4, -0.2) is 47.2 Å². The Morgan fingerprint density at radius 3 is 2.36 bits per heavy atom. The second-order valence-corrected chi connectivity index (χ2v) is 9.08. The van der Waals surface area contributed by atoms with E-state index in [0.717, 1.165) is 11.1 Å². The molecule has 25 heavy (non-hydrogen) atoms. The first-order chi connectivity index (χ1) is 11.5. The number of aliphatic hydroxyl groups excluding tert-OH is 1. The van der Waals surface area contributed by atoms with E-state index >= 15 is 0 Å². The lowest BCUT2D eigenvalue weighted by molar-refractivity contribution is 0.124. The maximum Gasteiger partial charge on any atom is 0.247 e. The first-order valence-corrected chi connectivity index (χ1v) is 9.60. The van der Waals surface area contributed by atoms with Crippen LogP contribution in [0.15, 0.2) is 17.3 Å². The fourth-order valence-electron chi connectivity index (χ4n) is 2.25. The second-order valence-electron chi connectivity index (χ2n) is 7.13. The Kier molecular flexibility index (Phi) is 5.53. The Balaban J connectivity index is 2.04. The van der Waals surface area contributed by atoms with Gasteiger partial charge in [0.1, 0.15) is 24.3 Å². The van der Waals surface area contributed by atoms with E-state index in [0.29, 0.717) is 11.6 Å². The molecule has 2 N–H and O–H groups in total. The van der Waals surface area contributed by atoms with E-state index in [2.05, 4.69) is 21.2 Å². The Morgan fingerprint density at radius 2 is 1.84 bits per heavy atom. The van der Waals surface area contributed by atoms with Crippen LogP contribution in [0, 0.1) is 19.9 Å². The number of aryl methyl sites for hydroxylation is 2. The zero-order chi connectivity index (χ0) is 18.8. The molecule has 1 atom stereocenters. The van der Waals surface area contributed by atoms with E-state index in [1.807, 2.05) is 34.6 Å². The number of aliphatic hydroxyl groups is 1. The Hall–Kier alpha value is -1.93. The Labute approximate surface area is 148 Å². The van der Waals surface area contributed by atoms with Crippen molar-refractivity contribution in [1.82, 2.24) is 15.2 Å². The van der Waals surface area contributed by atoms with Crippen LogP contribution in [-0.2, 0) is 15.3 Å². The molecule has 0 saturated heterocycles. The predicted octanol–water partition coefficient (Wildman–Crippen LogP) is 1.73. The van der Waals surface area contributed by atoms with Gasteiger partial charge in [-0.2, -0.15) is 0 Å². The number of ether oxygens (including phenoxy) is 1. The third-order valence-corrected chi connectivity index (χ3v) is 5.22. The van der Waals surface area contributed by atoms with E-state index in [1.54, 1.807) is 12.1 Å². The van der Waals surface area contributed by atoms with Gasteiger partial charge in [-0.25, -0.2) is 8.42 Å². The maximum absolute atomic E-state index is 12.4. The Morgan fingerprint density at radius 1 is 1.24 bits per heavy atom. The molecule has 1 heterocycles. The molecule has 0 spiro atoms. The summed E-state index contributed by atoms with van der Waals surface area (Å²) in [6.07, 6.45) is -1.18. The van der Waals surface area contributed by atoms with Crippen LogP contribution in [0.3, 0.4) is 0 Å². The molecule has 137 valence electrons. The summed E-state index contributed by atoms with van der Waals surface area (Å²) in [6.45, 7) is 9.29. The maximum atomic E-state index is 12.4. The molecule has 1 unspecified atom stereocenters. The third-order valence-electron chi connectivity index (χ3n) is 3.62. The smallest absolute Gasteiger partial charge is 0.247 e. The standard InChI is InChI=1S/C17H24N3O4S/c1-11-7-6-8-12(2)14(11)24-9-13(21)10-25(22,23)16-18-15(19-20-16)17(3,4)5/h7-8,13,21H,9-10H2,1-5H3,(H,18,19,20). The summed E-state index contributed by atoms with van der Waals surface area (Å²) in [4.78, 5) is 2.72. The number of sulfone groups is 1. The summed E-state index contributed by atoms with van der Waals surface area (Å²) in [5, 5.41) is 17.4. The molecule has 0 saturated carbocycles. The lowest BCUT2D eigenvalue weighted by atomic mass is 9.96. The monoisotopic (exact) mass is 366 g/mol. The van der Waals surface area contributed by atoms with Crippen molar-refractivity contribution in [3.8, 4) is 5.75 Å². The van der Waals surface area contributed by atoms with Gasteiger partial charge in [0.25, 0.3) is 0 Å². The minimum atomic E-state index is -3.79. The van der Waals surface area contributed by atoms with E-state index < -0.39 is 21.7 Å². The van der Waals surface area contributed by atoms with E-state index in [1.165, 1.54) is 0 Å². The highest BCUT2D eigenvalue weighted by Gasteiger charge is 2.27. The molecule has 0 aliphatic rings. The van der Waals surface area contributed by atoms with Crippen molar-refractivity contribution in [2.75, 3.05) is 12.4 Å². The molecule has 2 aromatic rings. The zero-order valence-corrected chi connectivity index (χ0v) is 15.9. The number of benzene rings is 1. The summed E-state index contributed by atoms with van der Waals surface area (Å²) in [6, 6.07) is 6.52. The van der Waals surface area contributed by atoms with E-state index in [4.69, 9.17) is 4.74 Å². The van der Waals surface area contributed by atoms with Crippen molar-refractivity contribution in [1.29, 1.82) is 0 Å². The average molecular weight is 366 g/mol. The number of H-pyrrole nitrogens is 1. The molecule has 2 rings (SSSR count). The predicted molar refractivity (Wildman–Crippen MR) is 93.4 cm³/mol. The molecule has 0 fully saturated rings. The molecular weight excluding hydrogens is 342 g/mol. The van der Waals surface area contributed by atoms with E-state index in [-0.39, 0.29) is 17.2 Å². The molecule has 0 aliphatic heterocycles.